The van der Waals surface area contributed by atoms with Gasteiger partial charge in [0, 0.05) is 0 Å². The van der Waals surface area contributed by atoms with Crippen LogP contribution in [0.25, 0.3) is 0 Å². The molecule has 4 nitrogen and oxygen atoms in total. The normalized spacial score (nSPS) is 11.4. The first-order valence-corrected chi connectivity index (χ1v) is 5.36. The van der Waals surface area contributed by atoms with Gasteiger partial charge in [-0.25, -0.2) is 8.42 Å². The lowest BCUT2D eigenvalue weighted by Crippen LogP contribution is -2.13. The number of rotatable bonds is 4. The van der Waals surface area contributed by atoms with Crippen molar-refractivity contribution in [3.05, 3.63) is 24.3 Å². The highest BCUT2D eigenvalue weighted by molar-refractivity contribution is 7.91. The standard InChI is InChI=1S/C8H7F2NO3S/c9-8(10)15(13,14)7-4-2-1-3-6(7)11-5-12/h1-5,8H,(H,11,12). The summed E-state index contributed by atoms with van der Waals surface area (Å²) >= 11 is 0. The Morgan fingerprint density at radius 1 is 1.27 bits per heavy atom. The summed E-state index contributed by atoms with van der Waals surface area (Å²) in [5.74, 6) is -3.51. The summed E-state index contributed by atoms with van der Waals surface area (Å²) in [4.78, 5) is 9.54. The molecule has 1 aromatic rings. The number of para-hydroxylation sites is 1. The molecule has 0 spiro atoms. The Morgan fingerprint density at radius 3 is 2.40 bits per heavy atom. The lowest BCUT2D eigenvalue weighted by atomic mass is 10.3. The van der Waals surface area contributed by atoms with Crippen LogP contribution >= 0.6 is 0 Å². The third-order valence-electron chi connectivity index (χ3n) is 1.64. The zero-order valence-electron chi connectivity index (χ0n) is 7.35. The van der Waals surface area contributed by atoms with Gasteiger partial charge in [-0.3, -0.25) is 4.79 Å². The molecule has 0 heterocycles. The fourth-order valence-electron chi connectivity index (χ4n) is 0.993. The topological polar surface area (TPSA) is 63.2 Å². The second kappa shape index (κ2) is 4.35. The van der Waals surface area contributed by atoms with Crippen LogP contribution in [0.4, 0.5) is 14.5 Å². The van der Waals surface area contributed by atoms with Gasteiger partial charge in [-0.1, -0.05) is 12.1 Å². The fraction of sp³-hybridized carbons (Fsp3) is 0.125. The Morgan fingerprint density at radius 2 is 1.87 bits per heavy atom. The summed E-state index contributed by atoms with van der Waals surface area (Å²) in [5, 5.41) is 2.04. The smallest absolute Gasteiger partial charge is 0.328 e. The van der Waals surface area contributed by atoms with Crippen LogP contribution in [-0.2, 0) is 14.6 Å². The van der Waals surface area contributed by atoms with Crippen LogP contribution in [0.3, 0.4) is 0 Å². The van der Waals surface area contributed by atoms with Crippen LogP contribution in [0.1, 0.15) is 0 Å². The molecular formula is C8H7F2NO3S. The van der Waals surface area contributed by atoms with Crippen LogP contribution in [0.2, 0.25) is 0 Å². The van der Waals surface area contributed by atoms with E-state index in [0.29, 0.717) is 0 Å². The molecule has 0 saturated carbocycles. The number of benzene rings is 1. The van der Waals surface area contributed by atoms with Gasteiger partial charge in [-0.05, 0) is 12.1 Å². The number of sulfone groups is 1. The predicted octanol–water partition coefficient (Wildman–Crippen LogP) is 1.25. The van der Waals surface area contributed by atoms with Gasteiger partial charge in [-0.15, -0.1) is 0 Å². The quantitative estimate of drug-likeness (QED) is 0.799. The maximum Gasteiger partial charge on any atom is 0.341 e. The molecule has 1 amide bonds. The zero-order chi connectivity index (χ0) is 11.5. The molecule has 0 saturated heterocycles. The van der Waals surface area contributed by atoms with Gasteiger partial charge in [0.05, 0.1) is 10.6 Å². The minimum Gasteiger partial charge on any atom is -0.328 e. The lowest BCUT2D eigenvalue weighted by molar-refractivity contribution is -0.105. The summed E-state index contributed by atoms with van der Waals surface area (Å²) in [6.07, 6.45) is 0.222. The lowest BCUT2D eigenvalue weighted by Gasteiger charge is -2.07. The summed E-state index contributed by atoms with van der Waals surface area (Å²) in [6.45, 7) is 0. The monoisotopic (exact) mass is 235 g/mol. The number of hydrogen-bond donors (Lipinski definition) is 1. The number of carbonyl (C=O) groups is 1. The zero-order valence-corrected chi connectivity index (χ0v) is 8.17. The second-order valence-corrected chi connectivity index (χ2v) is 4.45. The van der Waals surface area contributed by atoms with Gasteiger partial charge in [0.25, 0.3) is 0 Å². The number of halogens is 2. The highest BCUT2D eigenvalue weighted by Crippen LogP contribution is 2.25. The molecule has 1 rings (SSSR count). The minimum atomic E-state index is -4.68. The van der Waals surface area contributed by atoms with Crippen molar-refractivity contribution in [3.8, 4) is 0 Å². The maximum absolute atomic E-state index is 12.2. The Balaban J connectivity index is 3.31. The van der Waals surface area contributed by atoms with Crippen LogP contribution in [-0.4, -0.2) is 20.6 Å². The molecule has 0 radical (unpaired) electrons. The third kappa shape index (κ3) is 2.30. The first-order valence-electron chi connectivity index (χ1n) is 3.81. The van der Waals surface area contributed by atoms with Gasteiger partial charge in [0.2, 0.25) is 16.2 Å². The van der Waals surface area contributed by atoms with Gasteiger partial charge in [0.1, 0.15) is 0 Å². The number of hydrogen-bond acceptors (Lipinski definition) is 3. The average Bonchev–Trinajstić information content (AvgIpc) is 2.18. The molecular weight excluding hydrogens is 228 g/mol. The van der Waals surface area contributed by atoms with Crippen molar-refractivity contribution < 1.29 is 22.0 Å². The molecule has 0 aromatic heterocycles. The Labute approximate surface area is 84.8 Å². The van der Waals surface area contributed by atoms with Crippen molar-refractivity contribution >= 4 is 21.9 Å². The third-order valence-corrected chi connectivity index (χ3v) is 3.08. The summed E-state index contributed by atoms with van der Waals surface area (Å²) < 4.78 is 46.7. The van der Waals surface area contributed by atoms with Crippen LogP contribution in [0.15, 0.2) is 29.2 Å². The summed E-state index contributed by atoms with van der Waals surface area (Å²) in [7, 11) is -4.68. The molecule has 0 unspecified atom stereocenters. The number of nitrogens with one attached hydrogen (secondary N) is 1. The van der Waals surface area contributed by atoms with E-state index >= 15 is 0 Å². The van der Waals surface area contributed by atoms with E-state index in [4.69, 9.17) is 0 Å². The van der Waals surface area contributed by atoms with Crippen molar-refractivity contribution in [2.24, 2.45) is 0 Å². The van der Waals surface area contributed by atoms with Crippen LogP contribution < -0.4 is 5.32 Å². The molecule has 82 valence electrons. The molecule has 7 heteroatoms. The summed E-state index contributed by atoms with van der Waals surface area (Å²) in [5.41, 5.74) is -0.159. The fourth-order valence-corrected chi connectivity index (χ4v) is 1.89. The van der Waals surface area contributed by atoms with Crippen molar-refractivity contribution in [1.29, 1.82) is 0 Å². The van der Waals surface area contributed by atoms with Gasteiger partial charge in [-0.2, -0.15) is 8.78 Å². The second-order valence-electron chi connectivity index (χ2n) is 2.56. The van der Waals surface area contributed by atoms with Crippen molar-refractivity contribution in [2.45, 2.75) is 10.7 Å². The van der Waals surface area contributed by atoms with E-state index < -0.39 is 20.5 Å². The highest BCUT2D eigenvalue weighted by atomic mass is 32.2. The molecule has 0 aliphatic rings. The van der Waals surface area contributed by atoms with Gasteiger partial charge >= 0.3 is 5.76 Å². The van der Waals surface area contributed by atoms with Crippen molar-refractivity contribution in [1.82, 2.24) is 0 Å². The molecule has 0 aliphatic carbocycles. The molecule has 1 N–H and O–H groups in total. The number of anilines is 1. The van der Waals surface area contributed by atoms with Gasteiger partial charge < -0.3 is 5.32 Å². The van der Waals surface area contributed by atoms with E-state index in [9.17, 15) is 22.0 Å². The Bertz CT molecular complexity index is 459. The number of alkyl halides is 2. The number of carbonyl (C=O) groups excluding carboxylic acids is 1. The molecule has 0 atom stereocenters. The SMILES string of the molecule is O=CNc1ccccc1S(=O)(=O)C(F)F. The molecule has 0 fully saturated rings. The summed E-state index contributed by atoms with van der Waals surface area (Å²) in [6, 6.07) is 4.96. The average molecular weight is 235 g/mol. The Hall–Kier alpha value is -1.50. The molecule has 0 aliphatic heterocycles. The molecule has 15 heavy (non-hydrogen) atoms. The largest absolute Gasteiger partial charge is 0.341 e. The van der Waals surface area contributed by atoms with E-state index in [-0.39, 0.29) is 12.1 Å². The van der Waals surface area contributed by atoms with E-state index in [1.807, 2.05) is 5.32 Å². The van der Waals surface area contributed by atoms with E-state index in [1.54, 1.807) is 0 Å². The predicted molar refractivity (Wildman–Crippen MR) is 49.3 cm³/mol. The van der Waals surface area contributed by atoms with Crippen LogP contribution in [0.5, 0.6) is 0 Å². The first-order chi connectivity index (χ1) is 7.00. The van der Waals surface area contributed by atoms with E-state index in [0.717, 1.165) is 6.07 Å². The maximum atomic E-state index is 12.2. The number of amides is 1. The van der Waals surface area contributed by atoms with Crippen LogP contribution in [0, 0.1) is 0 Å². The molecule has 0 bridgehead atoms. The first kappa shape index (κ1) is 11.6. The highest BCUT2D eigenvalue weighted by Gasteiger charge is 2.28. The van der Waals surface area contributed by atoms with E-state index in [1.165, 1.54) is 18.2 Å². The van der Waals surface area contributed by atoms with Crippen molar-refractivity contribution in [3.63, 3.8) is 0 Å². The van der Waals surface area contributed by atoms with E-state index in [2.05, 4.69) is 0 Å². The van der Waals surface area contributed by atoms with Crippen molar-refractivity contribution in [2.75, 3.05) is 5.32 Å². The van der Waals surface area contributed by atoms with Gasteiger partial charge in [0.15, 0.2) is 0 Å². The minimum absolute atomic E-state index is 0.159. The Kier molecular flexibility index (Phi) is 3.35. The molecule has 1 aromatic carbocycles.